The molecule has 12 nitrogen and oxygen atoms in total. The van der Waals surface area contributed by atoms with Crippen LogP contribution < -0.4 is 5.73 Å². The summed E-state index contributed by atoms with van der Waals surface area (Å²) in [5, 5.41) is 14.2. The van der Waals surface area contributed by atoms with Crippen molar-refractivity contribution in [1.82, 2.24) is 14.6 Å². The van der Waals surface area contributed by atoms with Gasteiger partial charge in [0.05, 0.1) is 12.3 Å². The summed E-state index contributed by atoms with van der Waals surface area (Å²) in [7, 11) is 0. The first-order valence-electron chi connectivity index (χ1n) is 9.20. The van der Waals surface area contributed by atoms with E-state index >= 15 is 0 Å². The van der Waals surface area contributed by atoms with Crippen molar-refractivity contribution in [2.45, 2.75) is 37.8 Å². The van der Waals surface area contributed by atoms with Crippen molar-refractivity contribution in [3.63, 3.8) is 0 Å². The number of carbonyl (C=O) groups is 2. The van der Waals surface area contributed by atoms with Crippen molar-refractivity contribution in [1.29, 1.82) is 5.26 Å². The van der Waals surface area contributed by atoms with Gasteiger partial charge in [-0.25, -0.2) is 19.1 Å². The molecule has 0 amide bonds. The summed E-state index contributed by atoms with van der Waals surface area (Å²) in [6, 6.07) is 5.26. The molecule has 2 aliphatic heterocycles. The third-order valence-electron chi connectivity index (χ3n) is 4.79. The molecule has 2 fully saturated rings. The second-order valence-electron chi connectivity index (χ2n) is 7.30. The molecule has 2 saturated heterocycles. The molecule has 2 N–H and O–H groups in total. The van der Waals surface area contributed by atoms with Crippen LogP contribution in [0.15, 0.2) is 18.5 Å². The van der Waals surface area contributed by atoms with Gasteiger partial charge in [0.25, 0.3) is 0 Å². The van der Waals surface area contributed by atoms with E-state index in [0.29, 0.717) is 5.52 Å². The molecule has 2 aromatic heterocycles. The van der Waals surface area contributed by atoms with Gasteiger partial charge in [-0.15, -0.1) is 0 Å². The van der Waals surface area contributed by atoms with Gasteiger partial charge in [-0.2, -0.15) is 10.4 Å². The number of aromatic nitrogens is 3. The minimum Gasteiger partial charge on any atom is -0.434 e. The molecule has 0 spiro atoms. The minimum absolute atomic E-state index is 0.136. The molecule has 4 atom stereocenters. The lowest BCUT2D eigenvalue weighted by Crippen LogP contribution is -2.39. The fraction of sp³-hybridized carbons (Fsp3) is 0.500. The fourth-order valence-corrected chi connectivity index (χ4v) is 3.47. The van der Waals surface area contributed by atoms with Crippen molar-refractivity contribution in [3.05, 3.63) is 24.2 Å². The predicted octanol–water partition coefficient (Wildman–Crippen LogP) is 1.14. The molecule has 12 heteroatoms. The zero-order chi connectivity index (χ0) is 21.5. The highest BCUT2D eigenvalue weighted by atomic mass is 16.8. The molecule has 4 heterocycles. The summed E-state index contributed by atoms with van der Waals surface area (Å²) in [5.41, 5.74) is 4.82. The number of nitrogens with two attached hydrogens (primary N) is 1. The van der Waals surface area contributed by atoms with Crippen LogP contribution in [0, 0.1) is 17.2 Å². The van der Waals surface area contributed by atoms with Gasteiger partial charge < -0.3 is 29.4 Å². The Balaban J connectivity index is 1.62. The van der Waals surface area contributed by atoms with Gasteiger partial charge in [0.15, 0.2) is 18.0 Å². The molecule has 158 valence electrons. The lowest BCUT2D eigenvalue weighted by atomic mass is 9.92. The van der Waals surface area contributed by atoms with Gasteiger partial charge in [-0.05, 0) is 18.1 Å². The summed E-state index contributed by atoms with van der Waals surface area (Å²) in [6.07, 6.45) is -3.65. The first-order valence-corrected chi connectivity index (χ1v) is 9.20. The standard InChI is InChI=1S/C18H19N5O7/c1-9(2)5-26-16(24)27-6-11-13-14(29-17(25)28-13)18(7-19,30-11)12-4-3-10-15(20)21-8-22-23(10)12/h3-4,8-9,11,13-14H,5-6H2,1-2H3,(H2,20,21,22)/t11-,13-,14-,18+/m1/s1. The Labute approximate surface area is 170 Å². The van der Waals surface area contributed by atoms with Gasteiger partial charge in [0, 0.05) is 0 Å². The molecule has 0 aliphatic carbocycles. The Hall–Kier alpha value is -3.59. The first-order chi connectivity index (χ1) is 14.4. The molecular formula is C18H19N5O7. The molecule has 0 bridgehead atoms. The number of ether oxygens (including phenoxy) is 5. The number of fused-ring (bicyclic) bond motifs is 2. The second-order valence-corrected chi connectivity index (χ2v) is 7.30. The highest BCUT2D eigenvalue weighted by molar-refractivity contribution is 5.67. The first kappa shape index (κ1) is 19.7. The van der Waals surface area contributed by atoms with E-state index in [0.717, 1.165) is 0 Å². The highest BCUT2D eigenvalue weighted by Gasteiger charge is 2.65. The molecule has 0 aromatic carbocycles. The van der Waals surface area contributed by atoms with Crippen molar-refractivity contribution in [2.24, 2.45) is 5.92 Å². The van der Waals surface area contributed by atoms with E-state index in [1.807, 2.05) is 13.8 Å². The maximum Gasteiger partial charge on any atom is 0.509 e. The zero-order valence-electron chi connectivity index (χ0n) is 16.2. The van der Waals surface area contributed by atoms with Crippen molar-refractivity contribution in [3.8, 4) is 6.07 Å². The summed E-state index contributed by atoms with van der Waals surface area (Å²) in [4.78, 5) is 27.5. The summed E-state index contributed by atoms with van der Waals surface area (Å²) in [5.74, 6) is 0.337. The maximum atomic E-state index is 11.8. The van der Waals surface area contributed by atoms with Crippen LogP contribution in [-0.4, -0.2) is 58.4 Å². The van der Waals surface area contributed by atoms with Crippen LogP contribution >= 0.6 is 0 Å². The van der Waals surface area contributed by atoms with E-state index in [-0.39, 0.29) is 30.6 Å². The minimum atomic E-state index is -1.76. The predicted molar refractivity (Wildman–Crippen MR) is 96.8 cm³/mol. The van der Waals surface area contributed by atoms with Gasteiger partial charge in [0.1, 0.15) is 30.6 Å². The third-order valence-corrected chi connectivity index (χ3v) is 4.79. The largest absolute Gasteiger partial charge is 0.509 e. The topological polar surface area (TPSA) is 160 Å². The molecule has 2 aromatic rings. The van der Waals surface area contributed by atoms with Gasteiger partial charge in [-0.3, -0.25) is 0 Å². The van der Waals surface area contributed by atoms with Crippen LogP contribution in [-0.2, 0) is 29.3 Å². The number of anilines is 1. The number of carbonyl (C=O) groups excluding carboxylic acids is 2. The van der Waals surface area contributed by atoms with E-state index in [4.69, 9.17) is 29.4 Å². The van der Waals surface area contributed by atoms with Crippen LogP contribution in [0.2, 0.25) is 0 Å². The van der Waals surface area contributed by atoms with Crippen molar-refractivity contribution < 1.29 is 33.3 Å². The molecule has 2 aliphatic rings. The quantitative estimate of drug-likeness (QED) is 0.695. The van der Waals surface area contributed by atoms with Gasteiger partial charge in [0.2, 0.25) is 5.60 Å². The zero-order valence-corrected chi connectivity index (χ0v) is 16.2. The van der Waals surface area contributed by atoms with Gasteiger partial charge >= 0.3 is 12.3 Å². The number of rotatable bonds is 5. The molecule has 0 radical (unpaired) electrons. The van der Waals surface area contributed by atoms with Crippen LogP contribution in [0.3, 0.4) is 0 Å². The normalized spacial score (nSPS) is 27.4. The second kappa shape index (κ2) is 7.34. The van der Waals surface area contributed by atoms with Crippen molar-refractivity contribution >= 4 is 23.6 Å². The molecule has 0 unspecified atom stereocenters. The molecular weight excluding hydrogens is 398 g/mol. The van der Waals surface area contributed by atoms with E-state index in [9.17, 15) is 14.9 Å². The number of nitrogen functional groups attached to an aromatic ring is 1. The Kier molecular flexibility index (Phi) is 4.83. The van der Waals surface area contributed by atoms with E-state index in [2.05, 4.69) is 16.2 Å². The number of nitrogens with zero attached hydrogens (tertiary/aromatic N) is 4. The van der Waals surface area contributed by atoms with Crippen LogP contribution in [0.5, 0.6) is 0 Å². The Morgan fingerprint density at radius 3 is 2.93 bits per heavy atom. The molecule has 4 rings (SSSR count). The Bertz CT molecular complexity index is 1030. The van der Waals surface area contributed by atoms with E-state index in [1.165, 1.54) is 10.8 Å². The van der Waals surface area contributed by atoms with Crippen molar-refractivity contribution in [2.75, 3.05) is 18.9 Å². The average Bonchev–Trinajstić information content (AvgIpc) is 3.38. The van der Waals surface area contributed by atoms with E-state index in [1.54, 1.807) is 12.1 Å². The average molecular weight is 417 g/mol. The van der Waals surface area contributed by atoms with E-state index < -0.39 is 36.2 Å². The summed E-state index contributed by atoms with van der Waals surface area (Å²) >= 11 is 0. The SMILES string of the molecule is CC(C)COC(=O)OC[C@H]1O[C@@](C#N)(c2ccc3c(N)ncnn23)[C@@H]2OC(=O)O[C@@H]21. The summed E-state index contributed by atoms with van der Waals surface area (Å²) < 4.78 is 27.8. The maximum absolute atomic E-state index is 11.8. The number of hydrogen-bond donors (Lipinski definition) is 1. The smallest absolute Gasteiger partial charge is 0.434 e. The third kappa shape index (κ3) is 3.13. The molecule has 30 heavy (non-hydrogen) atoms. The monoisotopic (exact) mass is 417 g/mol. The number of nitriles is 1. The van der Waals surface area contributed by atoms with Crippen LogP contribution in [0.25, 0.3) is 5.52 Å². The lowest BCUT2D eigenvalue weighted by Gasteiger charge is -2.24. The highest BCUT2D eigenvalue weighted by Crippen LogP contribution is 2.46. The lowest BCUT2D eigenvalue weighted by molar-refractivity contribution is -0.0881. The van der Waals surface area contributed by atoms with Crippen LogP contribution in [0.1, 0.15) is 19.5 Å². The van der Waals surface area contributed by atoms with Crippen LogP contribution in [0.4, 0.5) is 15.4 Å². The fourth-order valence-electron chi connectivity index (χ4n) is 3.47. The Morgan fingerprint density at radius 1 is 1.40 bits per heavy atom. The Morgan fingerprint density at radius 2 is 2.20 bits per heavy atom. The number of hydrogen-bond acceptors (Lipinski definition) is 11. The van der Waals surface area contributed by atoms with Gasteiger partial charge in [-0.1, -0.05) is 13.8 Å². The molecule has 0 saturated carbocycles. The summed E-state index contributed by atoms with van der Waals surface area (Å²) in [6.45, 7) is 3.64.